The van der Waals surface area contributed by atoms with Crippen LogP contribution in [0.5, 0.6) is 5.75 Å². The van der Waals surface area contributed by atoms with Gasteiger partial charge in [-0.05, 0) is 30.9 Å². The van der Waals surface area contributed by atoms with Gasteiger partial charge in [0.1, 0.15) is 12.4 Å². The number of guanidine groups is 1. The zero-order chi connectivity index (χ0) is 22.0. The number of morpholine rings is 1. The van der Waals surface area contributed by atoms with Gasteiger partial charge in [-0.15, -0.1) is 0 Å². The van der Waals surface area contributed by atoms with Crippen LogP contribution in [0.4, 0.5) is 0 Å². The summed E-state index contributed by atoms with van der Waals surface area (Å²) >= 11 is 0. The van der Waals surface area contributed by atoms with Crippen molar-refractivity contribution in [2.45, 2.75) is 45.6 Å². The number of hydrogen-bond donors (Lipinski definition) is 3. The van der Waals surface area contributed by atoms with E-state index in [0.29, 0.717) is 32.2 Å². The van der Waals surface area contributed by atoms with Gasteiger partial charge in [-0.1, -0.05) is 39.0 Å². The lowest BCUT2D eigenvalue weighted by molar-refractivity contribution is -0.0179. The van der Waals surface area contributed by atoms with Crippen LogP contribution in [0.2, 0.25) is 0 Å². The maximum absolute atomic E-state index is 10.7. The Morgan fingerprint density at radius 1 is 1.17 bits per heavy atom. The van der Waals surface area contributed by atoms with Crippen molar-refractivity contribution in [1.29, 1.82) is 0 Å². The van der Waals surface area contributed by atoms with E-state index >= 15 is 0 Å². The molecule has 0 amide bonds. The highest BCUT2D eigenvalue weighted by Crippen LogP contribution is 2.30. The molecule has 30 heavy (non-hydrogen) atoms. The maximum Gasteiger partial charge on any atom is 0.191 e. The third-order valence-electron chi connectivity index (χ3n) is 4.94. The Kier molecular flexibility index (Phi) is 9.39. The topological polar surface area (TPSA) is 78.4 Å². The molecule has 7 nitrogen and oxygen atoms in total. The Bertz CT molecular complexity index is 665. The summed E-state index contributed by atoms with van der Waals surface area (Å²) in [5, 5.41) is 17.3. The summed E-state index contributed by atoms with van der Waals surface area (Å²) in [5.41, 5.74) is 0.346. The van der Waals surface area contributed by atoms with Gasteiger partial charge in [-0.2, -0.15) is 0 Å². The van der Waals surface area contributed by atoms with Gasteiger partial charge in [-0.3, -0.25) is 9.89 Å². The van der Waals surface area contributed by atoms with Crippen LogP contribution in [0.15, 0.2) is 29.3 Å². The van der Waals surface area contributed by atoms with Crippen molar-refractivity contribution < 1.29 is 14.6 Å². The number of benzene rings is 1. The molecule has 170 valence electrons. The Morgan fingerprint density at radius 2 is 1.87 bits per heavy atom. The standard InChI is InChI=1S/C23H40N4O3/c1-6-24-21(26-17-23(5,28)18-27-12-15-29-16-13-27)25-11-14-30-20-10-8-7-9-19(20)22(2,3)4/h7-10,28H,6,11-18H2,1-5H3,(H2,24,25,26). The fraction of sp³-hybridized carbons (Fsp3) is 0.696. The molecule has 1 aliphatic rings. The molecule has 1 aliphatic heterocycles. The van der Waals surface area contributed by atoms with Crippen molar-refractivity contribution in [2.75, 3.05) is 59.1 Å². The summed E-state index contributed by atoms with van der Waals surface area (Å²) < 4.78 is 11.4. The van der Waals surface area contributed by atoms with Crippen molar-refractivity contribution in [3.63, 3.8) is 0 Å². The van der Waals surface area contributed by atoms with E-state index in [9.17, 15) is 5.11 Å². The monoisotopic (exact) mass is 420 g/mol. The second kappa shape index (κ2) is 11.5. The highest BCUT2D eigenvalue weighted by molar-refractivity contribution is 5.79. The molecule has 1 aromatic rings. The lowest BCUT2D eigenvalue weighted by Gasteiger charge is -2.33. The first-order valence-electron chi connectivity index (χ1n) is 11.0. The van der Waals surface area contributed by atoms with Gasteiger partial charge in [0.25, 0.3) is 0 Å². The summed E-state index contributed by atoms with van der Waals surface area (Å²) in [5.74, 6) is 1.61. The van der Waals surface area contributed by atoms with E-state index in [1.165, 1.54) is 5.56 Å². The van der Waals surface area contributed by atoms with Crippen LogP contribution in [0.25, 0.3) is 0 Å². The normalized spacial score (nSPS) is 18.0. The van der Waals surface area contributed by atoms with Crippen LogP contribution >= 0.6 is 0 Å². The van der Waals surface area contributed by atoms with E-state index < -0.39 is 5.60 Å². The molecule has 0 bridgehead atoms. The molecule has 1 saturated heterocycles. The molecule has 1 atom stereocenters. The summed E-state index contributed by atoms with van der Waals surface area (Å²) in [6, 6.07) is 8.18. The van der Waals surface area contributed by atoms with E-state index in [1.807, 2.05) is 32.0 Å². The van der Waals surface area contributed by atoms with Gasteiger partial charge >= 0.3 is 0 Å². The molecule has 3 N–H and O–H groups in total. The Labute approximate surface area is 181 Å². The molecule has 0 spiro atoms. The van der Waals surface area contributed by atoms with Crippen LogP contribution in [0, 0.1) is 0 Å². The lowest BCUT2D eigenvalue weighted by atomic mass is 9.86. The predicted octanol–water partition coefficient (Wildman–Crippen LogP) is 2.00. The fourth-order valence-corrected chi connectivity index (χ4v) is 3.42. The molecule has 1 fully saturated rings. The minimum atomic E-state index is -0.887. The molecule has 0 radical (unpaired) electrons. The minimum Gasteiger partial charge on any atom is -0.491 e. The third kappa shape index (κ3) is 8.50. The average Bonchev–Trinajstić information content (AvgIpc) is 2.69. The van der Waals surface area contributed by atoms with Crippen LogP contribution < -0.4 is 15.4 Å². The molecule has 2 rings (SSSR count). The number of aliphatic imine (C=N–C) groups is 1. The number of rotatable bonds is 9. The first-order valence-corrected chi connectivity index (χ1v) is 11.0. The number of ether oxygens (including phenoxy) is 2. The van der Waals surface area contributed by atoms with Gasteiger partial charge in [-0.25, -0.2) is 0 Å². The van der Waals surface area contributed by atoms with E-state index in [2.05, 4.69) is 47.4 Å². The van der Waals surface area contributed by atoms with E-state index in [-0.39, 0.29) is 5.41 Å². The van der Waals surface area contributed by atoms with Gasteiger partial charge in [0.15, 0.2) is 5.96 Å². The summed E-state index contributed by atoms with van der Waals surface area (Å²) in [6.45, 7) is 16.4. The van der Waals surface area contributed by atoms with Crippen LogP contribution in [-0.4, -0.2) is 80.7 Å². The Hall–Kier alpha value is -1.83. The molecule has 0 aromatic heterocycles. The molecule has 7 heteroatoms. The number of para-hydroxylation sites is 1. The molecule has 1 aromatic carbocycles. The largest absolute Gasteiger partial charge is 0.491 e. The van der Waals surface area contributed by atoms with Crippen molar-refractivity contribution in [2.24, 2.45) is 4.99 Å². The Morgan fingerprint density at radius 3 is 2.53 bits per heavy atom. The van der Waals surface area contributed by atoms with Crippen molar-refractivity contribution >= 4 is 5.96 Å². The zero-order valence-corrected chi connectivity index (χ0v) is 19.3. The van der Waals surface area contributed by atoms with Crippen molar-refractivity contribution in [3.05, 3.63) is 29.8 Å². The van der Waals surface area contributed by atoms with Gasteiger partial charge in [0.05, 0.1) is 31.9 Å². The van der Waals surface area contributed by atoms with Crippen molar-refractivity contribution in [1.82, 2.24) is 15.5 Å². The molecule has 0 aliphatic carbocycles. The quantitative estimate of drug-likeness (QED) is 0.322. The van der Waals surface area contributed by atoms with E-state index in [4.69, 9.17) is 9.47 Å². The van der Waals surface area contributed by atoms with Crippen LogP contribution in [-0.2, 0) is 10.2 Å². The molecular formula is C23H40N4O3. The Balaban J connectivity index is 1.84. The number of nitrogens with zero attached hydrogens (tertiary/aromatic N) is 2. The summed E-state index contributed by atoms with van der Waals surface area (Å²) in [7, 11) is 0. The van der Waals surface area contributed by atoms with Gasteiger partial charge in [0.2, 0.25) is 0 Å². The SMILES string of the molecule is CCNC(=NCC(C)(O)CN1CCOCC1)NCCOc1ccccc1C(C)(C)C. The number of nitrogens with one attached hydrogen (secondary N) is 2. The zero-order valence-electron chi connectivity index (χ0n) is 19.3. The molecule has 1 heterocycles. The third-order valence-corrected chi connectivity index (χ3v) is 4.94. The number of hydrogen-bond acceptors (Lipinski definition) is 5. The predicted molar refractivity (Wildman–Crippen MR) is 123 cm³/mol. The minimum absolute atomic E-state index is 0.0342. The van der Waals surface area contributed by atoms with Crippen LogP contribution in [0.3, 0.4) is 0 Å². The van der Waals surface area contributed by atoms with E-state index in [1.54, 1.807) is 0 Å². The second-order valence-electron chi connectivity index (χ2n) is 9.10. The molecular weight excluding hydrogens is 380 g/mol. The summed E-state index contributed by atoms with van der Waals surface area (Å²) in [4.78, 5) is 6.81. The highest BCUT2D eigenvalue weighted by Gasteiger charge is 2.25. The smallest absolute Gasteiger partial charge is 0.191 e. The first kappa shape index (κ1) is 24.4. The average molecular weight is 421 g/mol. The van der Waals surface area contributed by atoms with Crippen molar-refractivity contribution in [3.8, 4) is 5.75 Å². The van der Waals surface area contributed by atoms with Gasteiger partial charge in [0, 0.05) is 26.2 Å². The lowest BCUT2D eigenvalue weighted by Crippen LogP contribution is -2.48. The van der Waals surface area contributed by atoms with Gasteiger partial charge < -0.3 is 25.2 Å². The van der Waals surface area contributed by atoms with E-state index in [0.717, 1.165) is 38.6 Å². The molecule has 0 saturated carbocycles. The summed E-state index contributed by atoms with van der Waals surface area (Å²) in [6.07, 6.45) is 0. The second-order valence-corrected chi connectivity index (χ2v) is 9.10. The number of aliphatic hydroxyl groups is 1. The maximum atomic E-state index is 10.7. The first-order chi connectivity index (χ1) is 14.2. The van der Waals surface area contributed by atoms with Crippen LogP contribution in [0.1, 0.15) is 40.2 Å². The fourth-order valence-electron chi connectivity index (χ4n) is 3.42. The molecule has 1 unspecified atom stereocenters. The number of β-amino-alcohol motifs (C(OH)–C–C–N with tert-alkyl or cyclic N) is 1. The highest BCUT2D eigenvalue weighted by atomic mass is 16.5.